The molecule has 2 aromatic heterocycles. The number of aromatic nitrogens is 2. The average molecular weight is 841 g/mol. The summed E-state index contributed by atoms with van der Waals surface area (Å²) in [6, 6.07) is 31.2. The van der Waals surface area contributed by atoms with Gasteiger partial charge in [0.2, 0.25) is 0 Å². The summed E-state index contributed by atoms with van der Waals surface area (Å²) in [6.45, 7) is 22.0. The van der Waals surface area contributed by atoms with Crippen LogP contribution in [0.4, 0.5) is 5.69 Å². The minimum Gasteiger partial charge on any atom is -0.510 e. The normalized spacial score (nSPS) is 13.4. The van der Waals surface area contributed by atoms with E-state index in [0.717, 1.165) is 33.3 Å². The third kappa shape index (κ3) is 6.61. The third-order valence-corrected chi connectivity index (χ3v) is 9.42. The summed E-state index contributed by atoms with van der Waals surface area (Å²) in [5.74, 6) is 2.13. The van der Waals surface area contributed by atoms with Crippen LogP contribution in [0.2, 0.25) is 0 Å². The van der Waals surface area contributed by atoms with Gasteiger partial charge in [0, 0.05) is 49.8 Å². The van der Waals surface area contributed by atoms with Crippen molar-refractivity contribution in [3.05, 3.63) is 132 Å². The van der Waals surface area contributed by atoms with Gasteiger partial charge in [0.25, 0.3) is 0 Å². The van der Waals surface area contributed by atoms with Crippen LogP contribution in [0.5, 0.6) is 11.5 Å². The van der Waals surface area contributed by atoms with Gasteiger partial charge in [0.15, 0.2) is 0 Å². The molecule has 0 N–H and O–H groups in total. The molecule has 0 radical (unpaired) electrons. The summed E-state index contributed by atoms with van der Waals surface area (Å²) in [4.78, 5) is 9.07. The summed E-state index contributed by atoms with van der Waals surface area (Å²) in [5, 5.41) is 2.25. The maximum absolute atomic E-state index is 6.66. The van der Waals surface area contributed by atoms with Gasteiger partial charge in [-0.05, 0) is 90.8 Å². The van der Waals surface area contributed by atoms with E-state index in [-0.39, 0.29) is 31.9 Å². The van der Waals surface area contributed by atoms with E-state index in [1.807, 2.05) is 43.3 Å². The molecule has 6 heteroatoms. The predicted molar refractivity (Wildman–Crippen MR) is 203 cm³/mol. The summed E-state index contributed by atoms with van der Waals surface area (Å²) in [6.07, 6.45) is 5.98. The minimum absolute atomic E-state index is 0. The van der Waals surface area contributed by atoms with Gasteiger partial charge in [-0.25, -0.2) is 4.98 Å². The largest absolute Gasteiger partial charge is 0.510 e. The third-order valence-electron chi connectivity index (χ3n) is 9.42. The molecule has 0 atom stereocenters. The fourth-order valence-corrected chi connectivity index (χ4v) is 6.94. The van der Waals surface area contributed by atoms with Gasteiger partial charge < -0.3 is 19.1 Å². The fourth-order valence-electron chi connectivity index (χ4n) is 6.94. The van der Waals surface area contributed by atoms with E-state index >= 15 is 0 Å². The molecule has 0 spiro atoms. The summed E-state index contributed by atoms with van der Waals surface area (Å²) < 4.78 is 8.94. The smallest absolute Gasteiger partial charge is 0.135 e. The molecule has 6 aromatic rings. The number of hydrogen-bond donors (Lipinski definition) is 0. The number of ether oxygens (including phenoxy) is 1. The number of para-hydroxylation sites is 1. The zero-order valence-corrected chi connectivity index (χ0v) is 32.9. The van der Waals surface area contributed by atoms with Crippen LogP contribution in [0.15, 0.2) is 85.3 Å². The van der Waals surface area contributed by atoms with Crippen molar-refractivity contribution in [2.24, 2.45) is 0 Å². The molecule has 0 fully saturated rings. The first-order chi connectivity index (χ1) is 23.2. The molecule has 1 aliphatic heterocycles. The first kappa shape index (κ1) is 35.5. The Bertz CT molecular complexity index is 2240. The topological polar surface area (TPSA) is 33.5 Å². The van der Waals surface area contributed by atoms with Crippen LogP contribution in [0, 0.1) is 39.6 Å². The van der Waals surface area contributed by atoms with Gasteiger partial charge >= 0.3 is 0 Å². The Labute approximate surface area is 311 Å². The number of rotatable bonds is 5. The second-order valence-corrected chi connectivity index (χ2v) is 15.5. The van der Waals surface area contributed by atoms with E-state index < -0.39 is 0 Å². The van der Waals surface area contributed by atoms with Crippen LogP contribution >= 0.6 is 0 Å². The van der Waals surface area contributed by atoms with Crippen LogP contribution in [0.1, 0.15) is 69.4 Å². The molecule has 5 nitrogen and oxygen atoms in total. The Morgan fingerprint density at radius 1 is 0.740 bits per heavy atom. The van der Waals surface area contributed by atoms with Gasteiger partial charge in [-0.1, -0.05) is 83.0 Å². The molecule has 7 rings (SSSR count). The predicted octanol–water partition coefficient (Wildman–Crippen LogP) is 11.1. The SMILES string of the molecule is Cc1cc(C)c(-c2cccc3c4ccc(Oc5[c-]c(N6C=CN(C)[CH-]6)cc(C(C)(C)C)c5)[c-]c4n(-c4cc(C(C)(C)C)ccn4)c23)c(C)c1.[Pt]. The number of benzene rings is 4. The van der Waals surface area contributed by atoms with Crippen LogP contribution in [0.3, 0.4) is 0 Å². The van der Waals surface area contributed by atoms with E-state index in [4.69, 9.17) is 9.72 Å². The number of aryl methyl sites for hydroxylation is 3. The van der Waals surface area contributed by atoms with Crippen LogP contribution < -0.4 is 9.64 Å². The van der Waals surface area contributed by atoms with Gasteiger partial charge in [-0.15, -0.1) is 47.0 Å². The molecule has 0 aliphatic carbocycles. The molecule has 1 aliphatic rings. The van der Waals surface area contributed by atoms with Crippen molar-refractivity contribution in [2.75, 3.05) is 11.9 Å². The van der Waals surface area contributed by atoms with Crippen molar-refractivity contribution in [1.82, 2.24) is 14.5 Å². The second-order valence-electron chi connectivity index (χ2n) is 15.5. The Kier molecular flexibility index (Phi) is 9.29. The standard InChI is InChI=1S/C44H45N4O.Pt/c1-28-20-29(2)41(30(3)21-28)38-13-11-12-37-36-15-14-34(26-39(36)48(42(37)38)40-24-31(16-17-45-40)43(4,5)6)49-35-23-32(44(7,8)9)22-33(25-35)47-19-18-46(10)27-47;/h11-24,27H,1-10H3;/q-3;. The summed E-state index contributed by atoms with van der Waals surface area (Å²) >= 11 is 0. The van der Waals surface area contributed by atoms with Crippen LogP contribution in [0.25, 0.3) is 38.8 Å². The van der Waals surface area contributed by atoms with Crippen LogP contribution in [-0.4, -0.2) is 21.5 Å². The van der Waals surface area contributed by atoms with E-state index in [1.165, 1.54) is 38.9 Å². The average Bonchev–Trinajstić information content (AvgIpc) is 3.61. The first-order valence-electron chi connectivity index (χ1n) is 17.0. The second kappa shape index (κ2) is 13.1. The van der Waals surface area contributed by atoms with Crippen molar-refractivity contribution in [2.45, 2.75) is 73.1 Å². The van der Waals surface area contributed by atoms with Gasteiger partial charge in [0.1, 0.15) is 5.82 Å². The monoisotopic (exact) mass is 840 g/mol. The van der Waals surface area contributed by atoms with Gasteiger partial charge in [0.05, 0.1) is 0 Å². The number of fused-ring (bicyclic) bond motifs is 3. The van der Waals surface area contributed by atoms with Crippen molar-refractivity contribution in [1.29, 1.82) is 0 Å². The number of nitrogens with zero attached hydrogens (tertiary/aromatic N) is 4. The maximum Gasteiger partial charge on any atom is 0.135 e. The summed E-state index contributed by atoms with van der Waals surface area (Å²) in [7, 11) is 2.02. The van der Waals surface area contributed by atoms with Crippen LogP contribution in [-0.2, 0) is 31.9 Å². The number of hydrogen-bond acceptors (Lipinski definition) is 4. The van der Waals surface area contributed by atoms with Crippen molar-refractivity contribution in [3.8, 4) is 28.4 Å². The van der Waals surface area contributed by atoms with Gasteiger partial charge in [-0.2, -0.15) is 12.7 Å². The molecule has 50 heavy (non-hydrogen) atoms. The molecule has 0 saturated carbocycles. The molecule has 0 saturated heterocycles. The molecular formula is C44H45N4OPt-3. The zero-order valence-electron chi connectivity index (χ0n) is 30.7. The first-order valence-corrected chi connectivity index (χ1v) is 17.0. The van der Waals surface area contributed by atoms with E-state index in [9.17, 15) is 0 Å². The molecule has 0 amide bonds. The Morgan fingerprint density at radius 2 is 1.46 bits per heavy atom. The van der Waals surface area contributed by atoms with Crippen molar-refractivity contribution >= 4 is 27.5 Å². The molecule has 260 valence electrons. The van der Waals surface area contributed by atoms with E-state index in [2.05, 4.69) is 145 Å². The zero-order chi connectivity index (χ0) is 34.8. The molecule has 0 bridgehead atoms. The maximum atomic E-state index is 6.66. The number of anilines is 1. The van der Waals surface area contributed by atoms with Gasteiger partial charge in [-0.3, -0.25) is 0 Å². The van der Waals surface area contributed by atoms with Crippen molar-refractivity contribution < 1.29 is 25.8 Å². The summed E-state index contributed by atoms with van der Waals surface area (Å²) in [5.41, 5.74) is 11.4. The van der Waals surface area contributed by atoms with Crippen molar-refractivity contribution in [3.63, 3.8) is 0 Å². The minimum atomic E-state index is -0.0796. The Morgan fingerprint density at radius 3 is 2.12 bits per heavy atom. The Balaban J connectivity index is 0.00000432. The number of pyridine rings is 1. The molecule has 0 unspecified atom stereocenters. The Hall–Kier alpha value is -4.34. The van der Waals surface area contributed by atoms with E-state index in [0.29, 0.717) is 11.5 Å². The van der Waals surface area contributed by atoms with E-state index in [1.54, 1.807) is 0 Å². The molecule has 3 heterocycles. The molecule has 4 aromatic carbocycles. The molecular weight excluding hydrogens is 796 g/mol. The fraction of sp³-hybridized carbons (Fsp3) is 0.273. The quantitative estimate of drug-likeness (QED) is 0.162.